The first kappa shape index (κ1) is 26.7. The van der Waals surface area contributed by atoms with Gasteiger partial charge in [-0.1, -0.05) is 51.1 Å². The molecule has 10 heteroatoms. The van der Waals surface area contributed by atoms with E-state index in [1.54, 1.807) is 0 Å². The average Bonchev–Trinajstić information content (AvgIpc) is 3.25. The zero-order valence-corrected chi connectivity index (χ0v) is 20.4. The Morgan fingerprint density at radius 2 is 1.69 bits per heavy atom. The largest absolute Gasteiger partial charge is 0.490 e. The highest BCUT2D eigenvalue weighted by molar-refractivity contribution is 5.76. The van der Waals surface area contributed by atoms with Crippen molar-refractivity contribution in [3.05, 3.63) is 42.4 Å². The number of alkyl halides is 3. The predicted octanol–water partition coefficient (Wildman–Crippen LogP) is 4.38. The van der Waals surface area contributed by atoms with Crippen molar-refractivity contribution in [3.8, 4) is 11.3 Å². The number of benzene rings is 1. The Morgan fingerprint density at radius 1 is 1.09 bits per heavy atom. The molecule has 192 valence electrons. The number of hydrogen-bond donors (Lipinski definition) is 1. The summed E-state index contributed by atoms with van der Waals surface area (Å²) in [5.74, 6) is -0.850. The molecule has 35 heavy (non-hydrogen) atoms. The Labute approximate surface area is 203 Å². The van der Waals surface area contributed by atoms with Gasteiger partial charge in [0.25, 0.3) is 0 Å². The van der Waals surface area contributed by atoms with Crippen LogP contribution in [-0.2, 0) is 21.7 Å². The Kier molecular flexibility index (Phi) is 8.25. The van der Waals surface area contributed by atoms with Crippen LogP contribution in [0, 0.1) is 5.92 Å². The van der Waals surface area contributed by atoms with Crippen LogP contribution >= 0.6 is 0 Å². The van der Waals surface area contributed by atoms with Crippen LogP contribution in [0.2, 0.25) is 0 Å². The zero-order chi connectivity index (χ0) is 25.8. The number of halogens is 3. The second-order valence-corrected chi connectivity index (χ2v) is 9.38. The van der Waals surface area contributed by atoms with Crippen LogP contribution in [0.15, 0.2) is 36.5 Å². The maximum atomic E-state index is 12.6. The number of fused-ring (bicyclic) bond motifs is 2. The van der Waals surface area contributed by atoms with Gasteiger partial charge in [0.2, 0.25) is 5.91 Å². The minimum atomic E-state index is -5.08. The summed E-state index contributed by atoms with van der Waals surface area (Å²) in [4.78, 5) is 31.1. The third-order valence-electron chi connectivity index (χ3n) is 6.69. The first-order chi connectivity index (χ1) is 16.5. The number of likely N-dealkylation sites (tertiary alicyclic amines) is 1. The molecule has 1 aromatic carbocycles. The van der Waals surface area contributed by atoms with Crippen LogP contribution in [-0.4, -0.2) is 68.7 Å². The number of hydrogen-bond acceptors (Lipinski definition) is 4. The minimum Gasteiger partial charge on any atom is -0.475 e. The number of carbonyl (C=O) groups is 2. The molecule has 0 bridgehead atoms. The number of nitrogens with zero attached hydrogens (tertiary/aromatic N) is 4. The molecule has 1 N–H and O–H groups in total. The third kappa shape index (κ3) is 5.86. The number of aromatic nitrogens is 2. The van der Waals surface area contributed by atoms with Crippen molar-refractivity contribution in [2.75, 3.05) is 26.2 Å². The Hall–Kier alpha value is -2.88. The molecule has 0 atom stereocenters. The third-order valence-corrected chi connectivity index (χ3v) is 6.69. The van der Waals surface area contributed by atoms with Gasteiger partial charge in [0, 0.05) is 32.6 Å². The van der Waals surface area contributed by atoms with E-state index in [1.165, 1.54) is 17.1 Å². The van der Waals surface area contributed by atoms with E-state index in [4.69, 9.17) is 14.9 Å². The number of rotatable bonds is 4. The fraction of sp³-hybridized carbons (Fsp3) is 0.560. The van der Waals surface area contributed by atoms with Gasteiger partial charge in [0.15, 0.2) is 0 Å². The molecule has 0 saturated carbocycles. The van der Waals surface area contributed by atoms with Crippen LogP contribution in [0.25, 0.3) is 11.3 Å². The van der Waals surface area contributed by atoms with Crippen LogP contribution in [0.4, 0.5) is 13.2 Å². The van der Waals surface area contributed by atoms with Gasteiger partial charge in [0.05, 0.1) is 17.4 Å². The lowest BCUT2D eigenvalue weighted by Crippen LogP contribution is -2.58. The summed E-state index contributed by atoms with van der Waals surface area (Å²) in [5.41, 5.74) is 2.39. The van der Waals surface area contributed by atoms with E-state index in [0.29, 0.717) is 18.2 Å². The van der Waals surface area contributed by atoms with E-state index in [9.17, 15) is 18.0 Å². The van der Waals surface area contributed by atoms with Crippen LogP contribution in [0.3, 0.4) is 0 Å². The monoisotopic (exact) mass is 494 g/mol. The first-order valence-electron chi connectivity index (χ1n) is 11.9. The summed E-state index contributed by atoms with van der Waals surface area (Å²) < 4.78 is 34.2. The molecule has 7 nitrogen and oxygen atoms in total. The van der Waals surface area contributed by atoms with Crippen LogP contribution < -0.4 is 0 Å². The van der Waals surface area contributed by atoms with Gasteiger partial charge in [-0.15, -0.1) is 0 Å². The Balaban J connectivity index is 0.000000429. The number of piperidine rings is 1. The molecule has 3 heterocycles. The van der Waals surface area contributed by atoms with E-state index in [2.05, 4.69) is 65.5 Å². The highest BCUT2D eigenvalue weighted by Gasteiger charge is 2.47. The summed E-state index contributed by atoms with van der Waals surface area (Å²) in [6.45, 7) is 11.2. The Morgan fingerprint density at radius 3 is 2.20 bits per heavy atom. The SMILES string of the molecule is CCN1CCn2c(-c3ccccc3)cnc2C12CCN(C(=O)CC(C)C)CC2.O=C(O)C(F)(F)F. The number of carboxylic acid groups (broad SMARTS) is 1. The molecule has 2 aliphatic heterocycles. The lowest BCUT2D eigenvalue weighted by Gasteiger charge is -2.50. The molecule has 1 saturated heterocycles. The molecular weight excluding hydrogens is 461 g/mol. The van der Waals surface area contributed by atoms with Gasteiger partial charge in [-0.05, 0) is 30.9 Å². The number of likely N-dealkylation sites (N-methyl/N-ethyl adjacent to an activating group) is 1. The summed E-state index contributed by atoms with van der Waals surface area (Å²) in [6, 6.07) is 10.6. The molecule has 2 aliphatic rings. The maximum Gasteiger partial charge on any atom is 0.490 e. The number of imidazole rings is 1. The van der Waals surface area contributed by atoms with Crippen molar-refractivity contribution in [1.82, 2.24) is 19.4 Å². The van der Waals surface area contributed by atoms with Crippen molar-refractivity contribution in [3.63, 3.8) is 0 Å². The predicted molar refractivity (Wildman–Crippen MR) is 126 cm³/mol. The minimum absolute atomic E-state index is 0.0470. The highest BCUT2D eigenvalue weighted by atomic mass is 19.4. The van der Waals surface area contributed by atoms with Gasteiger partial charge in [0.1, 0.15) is 5.82 Å². The molecule has 1 fully saturated rings. The molecule has 2 aromatic rings. The summed E-state index contributed by atoms with van der Waals surface area (Å²) in [5, 5.41) is 7.12. The highest BCUT2D eigenvalue weighted by Crippen LogP contribution is 2.42. The molecule has 1 amide bonds. The van der Waals surface area contributed by atoms with Crippen LogP contribution in [0.1, 0.15) is 45.9 Å². The number of amides is 1. The normalized spacial score (nSPS) is 17.6. The fourth-order valence-corrected chi connectivity index (χ4v) is 4.99. The van der Waals surface area contributed by atoms with Crippen molar-refractivity contribution >= 4 is 11.9 Å². The number of carboxylic acids is 1. The zero-order valence-electron chi connectivity index (χ0n) is 20.4. The van der Waals surface area contributed by atoms with E-state index in [1.807, 2.05) is 6.20 Å². The molecular formula is C25H33F3N4O3. The number of aliphatic carboxylic acids is 1. The van der Waals surface area contributed by atoms with Gasteiger partial charge < -0.3 is 14.6 Å². The van der Waals surface area contributed by atoms with E-state index in [-0.39, 0.29) is 5.54 Å². The van der Waals surface area contributed by atoms with E-state index >= 15 is 0 Å². The quantitative estimate of drug-likeness (QED) is 0.683. The van der Waals surface area contributed by atoms with Gasteiger partial charge in [-0.3, -0.25) is 9.69 Å². The average molecular weight is 495 g/mol. The Bertz CT molecular complexity index is 1010. The standard InChI is InChI=1S/C23H32N4O.C2HF3O2/c1-4-26-14-15-27-20(19-8-6-5-7-9-19)17-24-22(27)23(26)10-12-25(13-11-23)21(28)16-18(2)3;3-2(4,5)1(6)7/h5-9,17-18H,4,10-16H2,1-3H3;(H,6,7). The lowest BCUT2D eigenvalue weighted by molar-refractivity contribution is -0.192. The van der Waals surface area contributed by atoms with Gasteiger partial charge >= 0.3 is 12.1 Å². The number of carbonyl (C=O) groups excluding carboxylic acids is 1. The second kappa shape index (κ2) is 10.8. The van der Waals surface area contributed by atoms with E-state index in [0.717, 1.165) is 45.6 Å². The summed E-state index contributed by atoms with van der Waals surface area (Å²) >= 11 is 0. The topological polar surface area (TPSA) is 78.7 Å². The molecule has 0 unspecified atom stereocenters. The molecule has 1 aromatic heterocycles. The van der Waals surface area contributed by atoms with Crippen molar-refractivity contribution < 1.29 is 27.9 Å². The lowest BCUT2D eigenvalue weighted by atomic mass is 9.83. The van der Waals surface area contributed by atoms with Gasteiger partial charge in [-0.2, -0.15) is 13.2 Å². The maximum absolute atomic E-state index is 12.6. The van der Waals surface area contributed by atoms with Crippen molar-refractivity contribution in [2.45, 2.75) is 58.3 Å². The van der Waals surface area contributed by atoms with Crippen molar-refractivity contribution in [2.24, 2.45) is 5.92 Å². The molecule has 4 rings (SSSR count). The second-order valence-electron chi connectivity index (χ2n) is 9.38. The summed E-state index contributed by atoms with van der Waals surface area (Å²) in [6.07, 6.45) is -0.453. The first-order valence-corrected chi connectivity index (χ1v) is 11.9. The van der Waals surface area contributed by atoms with Crippen molar-refractivity contribution in [1.29, 1.82) is 0 Å². The molecule has 0 aliphatic carbocycles. The fourth-order valence-electron chi connectivity index (χ4n) is 4.99. The van der Waals surface area contributed by atoms with E-state index < -0.39 is 12.1 Å². The molecule has 0 radical (unpaired) electrons. The van der Waals surface area contributed by atoms with Gasteiger partial charge in [-0.25, -0.2) is 9.78 Å². The molecule has 1 spiro atoms. The summed E-state index contributed by atoms with van der Waals surface area (Å²) in [7, 11) is 0. The smallest absolute Gasteiger partial charge is 0.475 e. The van der Waals surface area contributed by atoms with Crippen LogP contribution in [0.5, 0.6) is 0 Å².